The monoisotopic (exact) mass is 312 g/mol. The van der Waals surface area contributed by atoms with Crippen molar-refractivity contribution in [3.8, 4) is 0 Å². The van der Waals surface area contributed by atoms with Crippen LogP contribution in [0.3, 0.4) is 0 Å². The molecule has 1 aliphatic heterocycles. The maximum absolute atomic E-state index is 12.5. The molecule has 0 unspecified atom stereocenters. The van der Waals surface area contributed by atoms with Gasteiger partial charge in [-0.3, -0.25) is 4.79 Å². The molecule has 0 bridgehead atoms. The molecule has 22 heavy (non-hydrogen) atoms. The van der Waals surface area contributed by atoms with Crippen molar-refractivity contribution in [3.05, 3.63) is 71.6 Å². The number of hydrogen-bond acceptors (Lipinski definition) is 2. The number of hydrogen-bond donors (Lipinski definition) is 0. The van der Waals surface area contributed by atoms with Crippen molar-refractivity contribution in [1.82, 2.24) is 0 Å². The number of rotatable bonds is 3. The third kappa shape index (κ3) is 3.17. The minimum absolute atomic E-state index is 0.117. The zero-order valence-electron chi connectivity index (χ0n) is 12.5. The molecule has 0 aromatic heterocycles. The first kappa shape index (κ1) is 15.1. The average Bonchev–Trinajstić information content (AvgIpc) is 2.57. The quantitative estimate of drug-likeness (QED) is 0.771. The number of Topliss-reactive ketones (excluding diaryl/α,β-unsaturated/α-hetero) is 1. The lowest BCUT2D eigenvalue weighted by molar-refractivity contribution is 0.0900. The van der Waals surface area contributed by atoms with Crippen LogP contribution >= 0.6 is 11.6 Å². The Morgan fingerprint density at radius 2 is 1.77 bits per heavy atom. The van der Waals surface area contributed by atoms with Crippen LogP contribution in [0.2, 0.25) is 5.02 Å². The summed E-state index contributed by atoms with van der Waals surface area (Å²) in [5.41, 5.74) is 2.89. The van der Waals surface area contributed by atoms with Gasteiger partial charge in [0, 0.05) is 35.3 Å². The average molecular weight is 313 g/mol. The topological polar surface area (TPSA) is 20.3 Å². The number of anilines is 1. The van der Waals surface area contributed by atoms with E-state index in [1.54, 1.807) is 0 Å². The summed E-state index contributed by atoms with van der Waals surface area (Å²) in [6, 6.07) is 15.3. The minimum Gasteiger partial charge on any atom is -0.371 e. The molecular weight excluding hydrogens is 294 g/mol. The zero-order valence-corrected chi connectivity index (χ0v) is 13.2. The van der Waals surface area contributed by atoms with Crippen molar-refractivity contribution in [2.24, 2.45) is 5.92 Å². The Kier molecular flexibility index (Phi) is 4.49. The van der Waals surface area contributed by atoms with E-state index < -0.39 is 0 Å². The van der Waals surface area contributed by atoms with Crippen molar-refractivity contribution in [2.75, 3.05) is 18.0 Å². The van der Waals surface area contributed by atoms with Gasteiger partial charge in [0.1, 0.15) is 0 Å². The molecular formula is C19H19ClNO. The summed E-state index contributed by atoms with van der Waals surface area (Å²) in [6.45, 7) is 5.81. The van der Waals surface area contributed by atoms with E-state index in [1.165, 1.54) is 0 Å². The van der Waals surface area contributed by atoms with E-state index in [2.05, 4.69) is 11.8 Å². The molecule has 1 heterocycles. The Morgan fingerprint density at radius 3 is 2.45 bits per heavy atom. The normalized spacial score (nSPS) is 15.8. The summed E-state index contributed by atoms with van der Waals surface area (Å²) in [6.07, 6.45) is 1.75. The van der Waals surface area contributed by atoms with Gasteiger partial charge < -0.3 is 4.90 Å². The molecule has 0 amide bonds. The molecule has 1 radical (unpaired) electrons. The highest BCUT2D eigenvalue weighted by Crippen LogP contribution is 2.29. The van der Waals surface area contributed by atoms with Crippen LogP contribution in [0.15, 0.2) is 48.5 Å². The molecule has 0 spiro atoms. The van der Waals surface area contributed by atoms with Crippen LogP contribution in [0.5, 0.6) is 0 Å². The molecule has 0 saturated carbocycles. The first-order valence-corrected chi connectivity index (χ1v) is 7.98. The Bertz CT molecular complexity index is 660. The van der Waals surface area contributed by atoms with E-state index >= 15 is 0 Å². The van der Waals surface area contributed by atoms with Crippen LogP contribution in [-0.2, 0) is 0 Å². The Morgan fingerprint density at radius 1 is 1.09 bits per heavy atom. The van der Waals surface area contributed by atoms with Crippen LogP contribution in [-0.4, -0.2) is 18.9 Å². The van der Waals surface area contributed by atoms with Crippen LogP contribution in [0.25, 0.3) is 0 Å². The molecule has 1 saturated heterocycles. The zero-order chi connectivity index (χ0) is 15.5. The molecule has 2 aromatic carbocycles. The fourth-order valence-corrected chi connectivity index (χ4v) is 3.22. The van der Waals surface area contributed by atoms with Gasteiger partial charge >= 0.3 is 0 Å². The van der Waals surface area contributed by atoms with E-state index in [0.29, 0.717) is 0 Å². The molecule has 0 aliphatic carbocycles. The first-order chi connectivity index (χ1) is 10.6. The standard InChI is InChI=1S/C19H19ClNO/c1-14-7-8-17(20)13-18(14)21-11-9-16(10-12-21)19(22)15-5-3-2-4-6-15/h2-8,13,16H,1,9-12H2. The molecule has 3 heteroatoms. The number of piperidine rings is 1. The first-order valence-electron chi connectivity index (χ1n) is 7.61. The molecule has 3 rings (SSSR count). The summed E-state index contributed by atoms with van der Waals surface area (Å²) < 4.78 is 0. The summed E-state index contributed by atoms with van der Waals surface area (Å²) in [5, 5.41) is 0.727. The molecule has 113 valence electrons. The van der Waals surface area contributed by atoms with E-state index in [4.69, 9.17) is 11.6 Å². The predicted octanol–water partition coefficient (Wildman–Crippen LogP) is 4.62. The molecule has 0 atom stereocenters. The van der Waals surface area contributed by atoms with Crippen LogP contribution < -0.4 is 4.90 Å². The van der Waals surface area contributed by atoms with Crippen molar-refractivity contribution < 1.29 is 4.79 Å². The number of carbonyl (C=O) groups excluding carboxylic acids is 1. The minimum atomic E-state index is 0.117. The van der Waals surface area contributed by atoms with Gasteiger partial charge in [0.15, 0.2) is 5.78 Å². The third-order valence-electron chi connectivity index (χ3n) is 4.31. The highest BCUT2D eigenvalue weighted by Gasteiger charge is 2.26. The highest BCUT2D eigenvalue weighted by molar-refractivity contribution is 6.30. The summed E-state index contributed by atoms with van der Waals surface area (Å²) in [7, 11) is 0. The fraction of sp³-hybridized carbons (Fsp3) is 0.263. The smallest absolute Gasteiger partial charge is 0.166 e. The fourth-order valence-electron chi connectivity index (χ4n) is 3.05. The maximum Gasteiger partial charge on any atom is 0.166 e. The van der Waals surface area contributed by atoms with Gasteiger partial charge in [-0.25, -0.2) is 0 Å². The summed E-state index contributed by atoms with van der Waals surface area (Å²) in [4.78, 5) is 14.8. The second-order valence-electron chi connectivity index (χ2n) is 5.76. The van der Waals surface area contributed by atoms with Gasteiger partial charge in [0.05, 0.1) is 0 Å². The lowest BCUT2D eigenvalue weighted by atomic mass is 9.88. The molecule has 1 fully saturated rings. The second-order valence-corrected chi connectivity index (χ2v) is 6.20. The lowest BCUT2D eigenvalue weighted by Gasteiger charge is -2.34. The maximum atomic E-state index is 12.5. The van der Waals surface area contributed by atoms with Gasteiger partial charge in [-0.15, -0.1) is 0 Å². The van der Waals surface area contributed by atoms with Gasteiger partial charge in [0.2, 0.25) is 0 Å². The Labute approximate surface area is 136 Å². The van der Waals surface area contributed by atoms with Crippen molar-refractivity contribution in [1.29, 1.82) is 0 Å². The van der Waals surface area contributed by atoms with Gasteiger partial charge in [-0.1, -0.05) is 48.0 Å². The molecule has 2 aromatic rings. The van der Waals surface area contributed by atoms with Gasteiger partial charge in [-0.2, -0.15) is 0 Å². The third-order valence-corrected chi connectivity index (χ3v) is 4.55. The lowest BCUT2D eigenvalue weighted by Crippen LogP contribution is -2.36. The predicted molar refractivity (Wildman–Crippen MR) is 91.6 cm³/mol. The van der Waals surface area contributed by atoms with Crippen molar-refractivity contribution in [3.63, 3.8) is 0 Å². The van der Waals surface area contributed by atoms with E-state index in [-0.39, 0.29) is 11.7 Å². The molecule has 0 N–H and O–H groups in total. The SMILES string of the molecule is [CH2]c1ccc(Cl)cc1N1CCC(C(=O)c2ccccc2)CC1. The Hall–Kier alpha value is -1.80. The van der Waals surface area contributed by atoms with E-state index in [9.17, 15) is 4.79 Å². The molecule has 1 aliphatic rings. The molecule has 2 nitrogen and oxygen atoms in total. The number of nitrogens with zero attached hydrogens (tertiary/aromatic N) is 1. The number of benzene rings is 2. The number of carbonyl (C=O) groups is 1. The van der Waals surface area contributed by atoms with Gasteiger partial charge in [0.25, 0.3) is 0 Å². The van der Waals surface area contributed by atoms with Crippen LogP contribution in [0.1, 0.15) is 28.8 Å². The van der Waals surface area contributed by atoms with E-state index in [0.717, 1.165) is 47.8 Å². The second kappa shape index (κ2) is 6.53. The largest absolute Gasteiger partial charge is 0.371 e. The van der Waals surface area contributed by atoms with E-state index in [1.807, 2.05) is 48.5 Å². The number of ketones is 1. The van der Waals surface area contributed by atoms with Crippen LogP contribution in [0, 0.1) is 12.8 Å². The Balaban J connectivity index is 1.68. The summed E-state index contributed by atoms with van der Waals surface area (Å²) >= 11 is 6.09. The van der Waals surface area contributed by atoms with Gasteiger partial charge in [-0.05, 0) is 37.5 Å². The highest BCUT2D eigenvalue weighted by atomic mass is 35.5. The van der Waals surface area contributed by atoms with Crippen LogP contribution in [0.4, 0.5) is 5.69 Å². The number of halogens is 1. The summed E-state index contributed by atoms with van der Waals surface area (Å²) in [5.74, 6) is 0.382. The van der Waals surface area contributed by atoms with Crippen molar-refractivity contribution in [2.45, 2.75) is 12.8 Å². The van der Waals surface area contributed by atoms with Crippen molar-refractivity contribution >= 4 is 23.1 Å².